The molecular formula is C19H19NO2. The standard InChI is InChI=1S/C19H19NO2/c1-14-13-19(22)16-9-5-6-10-17(16)20(14)12-11-18(21)15-7-3-2-4-8-15/h2-10,13,18,21H,11-12H2,1H3/t18-/m1/s1. The van der Waals surface area contributed by atoms with Crippen LogP contribution >= 0.6 is 0 Å². The van der Waals surface area contributed by atoms with Crippen LogP contribution in [0.4, 0.5) is 0 Å². The number of nitrogens with zero attached hydrogens (tertiary/aromatic N) is 1. The molecule has 3 aromatic rings. The van der Waals surface area contributed by atoms with E-state index in [1.165, 1.54) is 0 Å². The quantitative estimate of drug-likeness (QED) is 0.800. The fourth-order valence-electron chi connectivity index (χ4n) is 2.84. The number of fused-ring (bicyclic) bond motifs is 1. The highest BCUT2D eigenvalue weighted by atomic mass is 16.3. The molecule has 0 bridgehead atoms. The number of aliphatic hydroxyl groups is 1. The number of para-hydroxylation sites is 1. The maximum absolute atomic E-state index is 12.0. The second-order valence-corrected chi connectivity index (χ2v) is 5.53. The predicted octanol–water partition coefficient (Wildman–Crippen LogP) is 3.43. The molecule has 1 aromatic heterocycles. The number of rotatable bonds is 4. The third-order valence-corrected chi connectivity index (χ3v) is 4.04. The highest BCUT2D eigenvalue weighted by Crippen LogP contribution is 2.19. The minimum atomic E-state index is -0.501. The Balaban J connectivity index is 1.90. The van der Waals surface area contributed by atoms with Crippen molar-refractivity contribution in [1.29, 1.82) is 0 Å². The monoisotopic (exact) mass is 293 g/mol. The summed E-state index contributed by atoms with van der Waals surface area (Å²) in [7, 11) is 0. The summed E-state index contributed by atoms with van der Waals surface area (Å²) in [6, 6.07) is 18.9. The van der Waals surface area contributed by atoms with Crippen LogP contribution in [0.25, 0.3) is 10.9 Å². The van der Waals surface area contributed by atoms with Crippen molar-refractivity contribution >= 4 is 10.9 Å². The number of hydrogen-bond donors (Lipinski definition) is 1. The molecule has 1 atom stereocenters. The van der Waals surface area contributed by atoms with Crippen LogP contribution < -0.4 is 5.43 Å². The van der Waals surface area contributed by atoms with Crippen molar-refractivity contribution in [2.45, 2.75) is 26.0 Å². The van der Waals surface area contributed by atoms with Gasteiger partial charge >= 0.3 is 0 Å². The van der Waals surface area contributed by atoms with Gasteiger partial charge in [-0.2, -0.15) is 0 Å². The van der Waals surface area contributed by atoms with E-state index < -0.39 is 6.10 Å². The van der Waals surface area contributed by atoms with E-state index >= 15 is 0 Å². The molecule has 0 aliphatic carbocycles. The molecular weight excluding hydrogens is 274 g/mol. The molecule has 1 heterocycles. The summed E-state index contributed by atoms with van der Waals surface area (Å²) in [5.41, 5.74) is 2.81. The van der Waals surface area contributed by atoms with Gasteiger partial charge in [-0.3, -0.25) is 4.79 Å². The van der Waals surface area contributed by atoms with Gasteiger partial charge in [-0.25, -0.2) is 0 Å². The maximum atomic E-state index is 12.0. The zero-order valence-corrected chi connectivity index (χ0v) is 12.6. The second kappa shape index (κ2) is 6.16. The SMILES string of the molecule is Cc1cc(=O)c2ccccc2n1CC[C@@H](O)c1ccccc1. The molecule has 0 amide bonds. The third-order valence-electron chi connectivity index (χ3n) is 4.04. The number of aryl methyl sites for hydroxylation is 2. The lowest BCUT2D eigenvalue weighted by Gasteiger charge is -2.17. The molecule has 0 saturated carbocycles. The number of benzene rings is 2. The number of aliphatic hydroxyl groups excluding tert-OH is 1. The van der Waals surface area contributed by atoms with Gasteiger partial charge in [-0.1, -0.05) is 42.5 Å². The van der Waals surface area contributed by atoms with Gasteiger partial charge in [0.05, 0.1) is 11.6 Å². The topological polar surface area (TPSA) is 42.2 Å². The average molecular weight is 293 g/mol. The molecule has 0 saturated heterocycles. The molecule has 0 radical (unpaired) electrons. The van der Waals surface area contributed by atoms with Crippen molar-refractivity contribution in [2.24, 2.45) is 0 Å². The summed E-state index contributed by atoms with van der Waals surface area (Å²) in [6.07, 6.45) is 0.108. The van der Waals surface area contributed by atoms with Crippen LogP contribution in [0.1, 0.15) is 23.8 Å². The predicted molar refractivity (Wildman–Crippen MR) is 89.0 cm³/mol. The summed E-state index contributed by atoms with van der Waals surface area (Å²) >= 11 is 0. The molecule has 3 nitrogen and oxygen atoms in total. The van der Waals surface area contributed by atoms with Crippen LogP contribution in [0.3, 0.4) is 0 Å². The molecule has 0 unspecified atom stereocenters. The van der Waals surface area contributed by atoms with Crippen LogP contribution in [-0.4, -0.2) is 9.67 Å². The molecule has 3 heteroatoms. The van der Waals surface area contributed by atoms with Crippen LogP contribution in [0.2, 0.25) is 0 Å². The first-order valence-corrected chi connectivity index (χ1v) is 7.49. The molecule has 22 heavy (non-hydrogen) atoms. The Morgan fingerprint density at radius 3 is 2.50 bits per heavy atom. The highest BCUT2D eigenvalue weighted by molar-refractivity contribution is 5.79. The van der Waals surface area contributed by atoms with Gasteiger partial charge in [0.25, 0.3) is 0 Å². The van der Waals surface area contributed by atoms with Crippen LogP contribution in [0, 0.1) is 6.92 Å². The van der Waals surface area contributed by atoms with E-state index in [9.17, 15) is 9.90 Å². The van der Waals surface area contributed by atoms with E-state index in [2.05, 4.69) is 4.57 Å². The molecule has 112 valence electrons. The summed E-state index contributed by atoms with van der Waals surface area (Å²) in [5, 5.41) is 11.0. The number of pyridine rings is 1. The molecule has 0 aliphatic heterocycles. The Bertz CT molecular complexity index is 837. The summed E-state index contributed by atoms with van der Waals surface area (Å²) < 4.78 is 2.10. The Kier molecular flexibility index (Phi) is 4.07. The van der Waals surface area contributed by atoms with Gasteiger partial charge in [-0.05, 0) is 31.0 Å². The van der Waals surface area contributed by atoms with E-state index in [0.29, 0.717) is 13.0 Å². The smallest absolute Gasteiger partial charge is 0.189 e. The van der Waals surface area contributed by atoms with E-state index in [4.69, 9.17) is 0 Å². The Labute approximate surface area is 129 Å². The Morgan fingerprint density at radius 2 is 1.73 bits per heavy atom. The van der Waals surface area contributed by atoms with Gasteiger partial charge in [0.2, 0.25) is 0 Å². The lowest BCUT2D eigenvalue weighted by molar-refractivity contribution is 0.161. The maximum Gasteiger partial charge on any atom is 0.189 e. The van der Waals surface area contributed by atoms with Crippen molar-refractivity contribution in [3.05, 3.63) is 82.1 Å². The Hall–Kier alpha value is -2.39. The first-order valence-electron chi connectivity index (χ1n) is 7.49. The van der Waals surface area contributed by atoms with Crippen molar-refractivity contribution in [2.75, 3.05) is 0 Å². The fraction of sp³-hybridized carbons (Fsp3) is 0.211. The Morgan fingerprint density at radius 1 is 1.05 bits per heavy atom. The van der Waals surface area contributed by atoms with Gasteiger partial charge in [0.15, 0.2) is 5.43 Å². The van der Waals surface area contributed by atoms with Gasteiger partial charge < -0.3 is 9.67 Å². The van der Waals surface area contributed by atoms with Gasteiger partial charge in [0, 0.05) is 23.7 Å². The van der Waals surface area contributed by atoms with Crippen molar-refractivity contribution < 1.29 is 5.11 Å². The number of hydrogen-bond acceptors (Lipinski definition) is 2. The zero-order valence-electron chi connectivity index (χ0n) is 12.6. The third kappa shape index (κ3) is 2.81. The summed E-state index contributed by atoms with van der Waals surface area (Å²) in [4.78, 5) is 12.0. The van der Waals surface area contributed by atoms with Crippen LogP contribution in [-0.2, 0) is 6.54 Å². The minimum Gasteiger partial charge on any atom is -0.388 e. The van der Waals surface area contributed by atoms with Crippen LogP contribution in [0.15, 0.2) is 65.5 Å². The number of aromatic nitrogens is 1. The zero-order chi connectivity index (χ0) is 15.5. The molecule has 0 spiro atoms. The molecule has 0 aliphatic rings. The second-order valence-electron chi connectivity index (χ2n) is 5.53. The largest absolute Gasteiger partial charge is 0.388 e. The average Bonchev–Trinajstić information content (AvgIpc) is 2.55. The van der Waals surface area contributed by atoms with Crippen molar-refractivity contribution in [1.82, 2.24) is 4.57 Å². The van der Waals surface area contributed by atoms with E-state index in [1.54, 1.807) is 6.07 Å². The van der Waals surface area contributed by atoms with Crippen LogP contribution in [0.5, 0.6) is 0 Å². The molecule has 0 fully saturated rings. The highest BCUT2D eigenvalue weighted by Gasteiger charge is 2.10. The lowest BCUT2D eigenvalue weighted by atomic mass is 10.1. The molecule has 1 N–H and O–H groups in total. The van der Waals surface area contributed by atoms with Gasteiger partial charge in [-0.15, -0.1) is 0 Å². The van der Waals surface area contributed by atoms with E-state index in [0.717, 1.165) is 22.2 Å². The molecule has 3 rings (SSSR count). The minimum absolute atomic E-state index is 0.0490. The first kappa shape index (κ1) is 14.5. The lowest BCUT2D eigenvalue weighted by Crippen LogP contribution is -2.13. The molecule has 2 aromatic carbocycles. The van der Waals surface area contributed by atoms with Crippen molar-refractivity contribution in [3.63, 3.8) is 0 Å². The first-order chi connectivity index (χ1) is 10.7. The van der Waals surface area contributed by atoms with Gasteiger partial charge in [0.1, 0.15) is 0 Å². The van der Waals surface area contributed by atoms with E-state index in [-0.39, 0.29) is 5.43 Å². The summed E-state index contributed by atoms with van der Waals surface area (Å²) in [6.45, 7) is 2.60. The summed E-state index contributed by atoms with van der Waals surface area (Å²) in [5.74, 6) is 0. The van der Waals surface area contributed by atoms with E-state index in [1.807, 2.05) is 61.5 Å². The fourth-order valence-corrected chi connectivity index (χ4v) is 2.84. The normalized spacial score (nSPS) is 12.5. The van der Waals surface area contributed by atoms with Crippen molar-refractivity contribution in [3.8, 4) is 0 Å².